The maximum atomic E-state index is 6.01. The van der Waals surface area contributed by atoms with Crippen molar-refractivity contribution in [2.45, 2.75) is 0 Å². The lowest BCUT2D eigenvalue weighted by Crippen LogP contribution is -1.93. The van der Waals surface area contributed by atoms with Crippen molar-refractivity contribution in [2.24, 2.45) is 0 Å². The van der Waals surface area contributed by atoms with E-state index in [1.54, 1.807) is 7.11 Å². The molecule has 4 rings (SSSR count). The van der Waals surface area contributed by atoms with Crippen molar-refractivity contribution in [3.63, 3.8) is 0 Å². The molecule has 0 bridgehead atoms. The average Bonchev–Trinajstić information content (AvgIpc) is 3.04. The van der Waals surface area contributed by atoms with E-state index in [4.69, 9.17) is 20.9 Å². The number of methoxy groups -OCH3 is 1. The van der Waals surface area contributed by atoms with Gasteiger partial charge in [0.2, 0.25) is 0 Å². The van der Waals surface area contributed by atoms with Crippen LogP contribution in [0, 0.1) is 0 Å². The molecule has 0 aliphatic rings. The van der Waals surface area contributed by atoms with E-state index in [9.17, 15) is 0 Å². The summed E-state index contributed by atoms with van der Waals surface area (Å²) in [5.74, 6) is 1.39. The molecule has 4 aromatic rings. The van der Waals surface area contributed by atoms with Crippen LogP contribution < -0.4 is 10.1 Å². The van der Waals surface area contributed by atoms with Crippen LogP contribution in [-0.4, -0.2) is 17.3 Å². The first-order valence-corrected chi connectivity index (χ1v) is 8.05. The number of nitrogens with one attached hydrogen (secondary N) is 1. The van der Waals surface area contributed by atoms with E-state index >= 15 is 0 Å². The summed E-state index contributed by atoms with van der Waals surface area (Å²) >= 11 is 6.01. The number of rotatable bonds is 4. The molecule has 2 aromatic carbocycles. The smallest absolute Gasteiger partial charge is 0.260 e. The van der Waals surface area contributed by atoms with Gasteiger partial charge >= 0.3 is 0 Å². The van der Waals surface area contributed by atoms with Crippen molar-refractivity contribution < 1.29 is 9.26 Å². The first kappa shape index (κ1) is 15.5. The molecule has 0 saturated carbocycles. The summed E-state index contributed by atoms with van der Waals surface area (Å²) in [6, 6.07) is 18.9. The highest BCUT2D eigenvalue weighted by molar-refractivity contribution is 6.30. The number of anilines is 2. The first-order valence-electron chi connectivity index (χ1n) is 7.67. The third-order valence-electron chi connectivity index (χ3n) is 3.80. The van der Waals surface area contributed by atoms with Gasteiger partial charge in [0.1, 0.15) is 17.3 Å². The quantitative estimate of drug-likeness (QED) is 0.541. The van der Waals surface area contributed by atoms with Crippen LogP contribution in [0.15, 0.2) is 65.2 Å². The number of benzene rings is 2. The van der Waals surface area contributed by atoms with Gasteiger partial charge in [-0.1, -0.05) is 35.0 Å². The molecule has 2 aromatic heterocycles. The van der Waals surface area contributed by atoms with Crippen molar-refractivity contribution in [1.29, 1.82) is 0 Å². The zero-order chi connectivity index (χ0) is 17.2. The molecule has 0 saturated heterocycles. The predicted molar refractivity (Wildman–Crippen MR) is 98.5 cm³/mol. The van der Waals surface area contributed by atoms with E-state index in [0.717, 1.165) is 22.4 Å². The van der Waals surface area contributed by atoms with Gasteiger partial charge < -0.3 is 14.6 Å². The molecule has 5 nitrogen and oxygen atoms in total. The van der Waals surface area contributed by atoms with E-state index in [0.29, 0.717) is 22.2 Å². The number of nitrogens with zero attached hydrogens (tertiary/aromatic N) is 2. The van der Waals surface area contributed by atoms with Gasteiger partial charge in [-0.2, -0.15) is 4.98 Å². The predicted octanol–water partition coefficient (Wildman–Crippen LogP) is 5.30. The van der Waals surface area contributed by atoms with Crippen LogP contribution in [0.1, 0.15) is 0 Å². The monoisotopic (exact) mass is 351 g/mol. The van der Waals surface area contributed by atoms with Crippen molar-refractivity contribution in [1.82, 2.24) is 10.1 Å². The fourth-order valence-electron chi connectivity index (χ4n) is 2.65. The molecule has 0 amide bonds. The van der Waals surface area contributed by atoms with Crippen molar-refractivity contribution in [3.8, 4) is 17.0 Å². The first-order chi connectivity index (χ1) is 12.2. The Labute approximate surface area is 149 Å². The third-order valence-corrected chi connectivity index (χ3v) is 4.03. The molecule has 25 heavy (non-hydrogen) atoms. The number of halogens is 1. The fraction of sp³-hybridized carbons (Fsp3) is 0.0526. The SMILES string of the molecule is COc1ccccc1-c1noc2nc(Nc3cccc(Cl)c3)ccc12. The maximum Gasteiger partial charge on any atom is 0.260 e. The highest BCUT2D eigenvalue weighted by atomic mass is 35.5. The van der Waals surface area contributed by atoms with E-state index in [-0.39, 0.29) is 0 Å². The lowest BCUT2D eigenvalue weighted by molar-refractivity contribution is 0.414. The van der Waals surface area contributed by atoms with Crippen LogP contribution in [0.4, 0.5) is 11.5 Å². The van der Waals surface area contributed by atoms with Gasteiger partial charge in [0.15, 0.2) is 0 Å². The Morgan fingerprint density at radius 3 is 2.76 bits per heavy atom. The molecule has 1 N–H and O–H groups in total. The van der Waals surface area contributed by atoms with Crippen molar-refractivity contribution in [2.75, 3.05) is 12.4 Å². The molecule has 0 unspecified atom stereocenters. The van der Waals surface area contributed by atoms with Gasteiger partial charge in [0.05, 0.1) is 12.5 Å². The fourth-order valence-corrected chi connectivity index (χ4v) is 2.84. The van der Waals surface area contributed by atoms with Gasteiger partial charge in [0.25, 0.3) is 5.71 Å². The van der Waals surface area contributed by atoms with Gasteiger partial charge in [-0.05, 0) is 42.5 Å². The van der Waals surface area contributed by atoms with Gasteiger partial charge in [0, 0.05) is 16.3 Å². The molecule has 0 fully saturated rings. The second-order valence-corrected chi connectivity index (χ2v) is 5.85. The van der Waals surface area contributed by atoms with Crippen molar-refractivity contribution in [3.05, 3.63) is 65.7 Å². The highest BCUT2D eigenvalue weighted by Gasteiger charge is 2.15. The van der Waals surface area contributed by atoms with E-state index in [1.165, 1.54) is 0 Å². The average molecular weight is 352 g/mol. The van der Waals surface area contributed by atoms with Gasteiger partial charge in [-0.15, -0.1) is 0 Å². The summed E-state index contributed by atoms with van der Waals surface area (Å²) in [6.07, 6.45) is 0. The van der Waals surface area contributed by atoms with E-state index in [1.807, 2.05) is 60.7 Å². The van der Waals surface area contributed by atoms with Crippen molar-refractivity contribution >= 4 is 34.2 Å². The lowest BCUT2D eigenvalue weighted by Gasteiger charge is -2.06. The Morgan fingerprint density at radius 2 is 1.92 bits per heavy atom. The topological polar surface area (TPSA) is 60.2 Å². The summed E-state index contributed by atoms with van der Waals surface area (Å²) in [6.45, 7) is 0. The molecule has 0 radical (unpaired) electrons. The number of ether oxygens (including phenoxy) is 1. The Balaban J connectivity index is 1.72. The van der Waals surface area contributed by atoms with Crippen LogP contribution in [0.2, 0.25) is 5.02 Å². The zero-order valence-corrected chi connectivity index (χ0v) is 14.1. The number of pyridine rings is 1. The summed E-state index contributed by atoms with van der Waals surface area (Å²) in [7, 11) is 1.63. The number of hydrogen-bond donors (Lipinski definition) is 1. The van der Waals surface area contributed by atoms with Crippen LogP contribution in [0.3, 0.4) is 0 Å². The van der Waals surface area contributed by atoms with E-state index < -0.39 is 0 Å². The Kier molecular flexibility index (Phi) is 3.99. The number of para-hydroxylation sites is 1. The Bertz CT molecular complexity index is 1050. The zero-order valence-electron chi connectivity index (χ0n) is 13.4. The number of hydrogen-bond acceptors (Lipinski definition) is 5. The van der Waals surface area contributed by atoms with E-state index in [2.05, 4.69) is 15.5 Å². The molecular weight excluding hydrogens is 338 g/mol. The van der Waals surface area contributed by atoms with Crippen LogP contribution >= 0.6 is 11.6 Å². The maximum absolute atomic E-state index is 6.01. The molecule has 2 heterocycles. The number of aromatic nitrogens is 2. The summed E-state index contributed by atoms with van der Waals surface area (Å²) in [5.41, 5.74) is 2.87. The summed E-state index contributed by atoms with van der Waals surface area (Å²) < 4.78 is 10.8. The Morgan fingerprint density at radius 1 is 1.04 bits per heavy atom. The minimum absolute atomic E-state index is 0.452. The summed E-state index contributed by atoms with van der Waals surface area (Å²) in [5, 5.41) is 8.85. The normalized spacial score (nSPS) is 10.8. The molecule has 0 spiro atoms. The molecule has 0 aliphatic heterocycles. The van der Waals surface area contributed by atoms with Crippen LogP contribution in [0.25, 0.3) is 22.4 Å². The number of fused-ring (bicyclic) bond motifs is 1. The lowest BCUT2D eigenvalue weighted by atomic mass is 10.1. The molecule has 0 aliphatic carbocycles. The third kappa shape index (κ3) is 3.02. The molecule has 6 heteroatoms. The van der Waals surface area contributed by atoms with Gasteiger partial charge in [-0.3, -0.25) is 0 Å². The minimum atomic E-state index is 0.452. The Hall–Kier alpha value is -3.05. The molecular formula is C19H14ClN3O2. The molecule has 0 atom stereocenters. The highest BCUT2D eigenvalue weighted by Crippen LogP contribution is 2.34. The second kappa shape index (κ2) is 6.45. The second-order valence-electron chi connectivity index (χ2n) is 5.42. The summed E-state index contributed by atoms with van der Waals surface area (Å²) in [4.78, 5) is 4.48. The standard InChI is InChI=1S/C19H14ClN3O2/c1-24-16-8-3-2-7-14(16)18-15-9-10-17(22-19(15)25-23-18)21-13-6-4-5-12(20)11-13/h2-11H,1H3,(H,21,22). The minimum Gasteiger partial charge on any atom is -0.496 e. The molecule has 124 valence electrons. The van der Waals surface area contributed by atoms with Crippen LogP contribution in [0.5, 0.6) is 5.75 Å². The van der Waals surface area contributed by atoms with Crippen LogP contribution in [-0.2, 0) is 0 Å². The largest absolute Gasteiger partial charge is 0.496 e. The van der Waals surface area contributed by atoms with Gasteiger partial charge in [-0.25, -0.2) is 0 Å².